The van der Waals surface area contributed by atoms with Gasteiger partial charge in [0, 0.05) is 6.20 Å². The maximum Gasteiger partial charge on any atom is 0.186 e. The number of likely N-dealkylation sites (tertiary alicyclic amines) is 1. The normalized spacial score (nSPS) is 19.6. The van der Waals surface area contributed by atoms with Gasteiger partial charge in [0.15, 0.2) is 5.78 Å². The maximum atomic E-state index is 13.1. The summed E-state index contributed by atoms with van der Waals surface area (Å²) < 4.78 is 0. The van der Waals surface area contributed by atoms with Crippen LogP contribution in [0.5, 0.6) is 0 Å². The van der Waals surface area contributed by atoms with E-state index in [4.69, 9.17) is 5.73 Å². The lowest BCUT2D eigenvalue weighted by molar-refractivity contribution is 0.0505. The minimum atomic E-state index is -0.470. The van der Waals surface area contributed by atoms with Crippen molar-refractivity contribution in [1.29, 1.82) is 0 Å². The molecule has 1 unspecified atom stereocenters. The van der Waals surface area contributed by atoms with E-state index in [0.29, 0.717) is 11.4 Å². The van der Waals surface area contributed by atoms with Crippen molar-refractivity contribution in [3.63, 3.8) is 0 Å². The second-order valence-corrected chi connectivity index (χ2v) is 5.89. The van der Waals surface area contributed by atoms with Crippen molar-refractivity contribution in [2.24, 2.45) is 0 Å². The lowest BCUT2D eigenvalue weighted by atomic mass is 9.84. The van der Waals surface area contributed by atoms with E-state index in [0.717, 1.165) is 25.1 Å². The Labute approximate surface area is 121 Å². The molecule has 2 rings (SSSR count). The average molecular weight is 275 g/mol. The highest BCUT2D eigenvalue weighted by molar-refractivity contribution is 6.07. The average Bonchev–Trinajstić information content (AvgIpc) is 2.47. The molecular weight excluding hydrogens is 250 g/mol. The summed E-state index contributed by atoms with van der Waals surface area (Å²) in [6.07, 6.45) is 6.05. The fourth-order valence-corrected chi connectivity index (χ4v) is 3.06. The van der Waals surface area contributed by atoms with Crippen molar-refractivity contribution in [2.45, 2.75) is 52.0 Å². The zero-order chi connectivity index (χ0) is 14.8. The highest BCUT2D eigenvalue weighted by Crippen LogP contribution is 2.30. The van der Waals surface area contributed by atoms with E-state index in [1.54, 1.807) is 6.20 Å². The first-order valence-electron chi connectivity index (χ1n) is 7.51. The fraction of sp³-hybridized carbons (Fsp3) is 0.625. The number of hydrogen-bond donors (Lipinski definition) is 1. The molecule has 2 N–H and O–H groups in total. The third-order valence-electron chi connectivity index (χ3n) is 4.65. The summed E-state index contributed by atoms with van der Waals surface area (Å²) in [5.74, 6) is 0.469. The van der Waals surface area contributed by atoms with Gasteiger partial charge < -0.3 is 5.73 Å². The number of nitrogen functional groups attached to an aromatic ring is 1. The molecule has 0 aromatic carbocycles. The van der Waals surface area contributed by atoms with E-state index in [1.807, 2.05) is 19.9 Å². The Morgan fingerprint density at radius 2 is 2.05 bits per heavy atom. The Morgan fingerprint density at radius 1 is 1.40 bits per heavy atom. The molecule has 0 saturated carbocycles. The number of carbonyl (C=O) groups is 1. The number of Topliss-reactive ketones (excluding diaryl/α,β-unsaturated/α-hetero) is 1. The molecule has 0 bridgehead atoms. The first-order chi connectivity index (χ1) is 9.50. The van der Waals surface area contributed by atoms with Crippen LogP contribution in [0.3, 0.4) is 0 Å². The number of rotatable bonds is 4. The van der Waals surface area contributed by atoms with Gasteiger partial charge in [-0.25, -0.2) is 4.98 Å². The minimum Gasteiger partial charge on any atom is -0.383 e. The van der Waals surface area contributed by atoms with E-state index in [9.17, 15) is 4.79 Å². The number of hydrogen-bond acceptors (Lipinski definition) is 4. The minimum absolute atomic E-state index is 0.116. The van der Waals surface area contributed by atoms with Gasteiger partial charge in [-0.1, -0.05) is 13.3 Å². The molecule has 0 aliphatic carbocycles. The van der Waals surface area contributed by atoms with Gasteiger partial charge in [-0.2, -0.15) is 0 Å². The lowest BCUT2D eigenvalue weighted by Crippen LogP contribution is -2.54. The van der Waals surface area contributed by atoms with Gasteiger partial charge in [-0.05, 0) is 57.8 Å². The Hall–Kier alpha value is -1.42. The van der Waals surface area contributed by atoms with Crippen LogP contribution in [0.25, 0.3) is 0 Å². The number of piperidine rings is 1. The number of anilines is 1. The van der Waals surface area contributed by atoms with Gasteiger partial charge in [-0.15, -0.1) is 0 Å². The predicted molar refractivity (Wildman–Crippen MR) is 81.8 cm³/mol. The second-order valence-electron chi connectivity index (χ2n) is 5.89. The quantitative estimate of drug-likeness (QED) is 0.858. The van der Waals surface area contributed by atoms with Crippen molar-refractivity contribution in [3.8, 4) is 0 Å². The fourth-order valence-electron chi connectivity index (χ4n) is 3.06. The molecule has 1 atom stereocenters. The Bertz CT molecular complexity index is 474. The highest BCUT2D eigenvalue weighted by atomic mass is 16.1. The first kappa shape index (κ1) is 15.0. The molecule has 1 aliphatic rings. The third kappa shape index (κ3) is 2.57. The molecular formula is C16H25N3O. The van der Waals surface area contributed by atoms with Crippen molar-refractivity contribution in [3.05, 3.63) is 23.4 Å². The standard InChI is InChI=1S/C16H25N3O/c1-4-16(3,19-10-6-5-7-11-19)14(20)13-12(2)8-9-18-15(13)17/h8-9H,4-7,10-11H2,1-3H3,(H2,17,18). The van der Waals surface area contributed by atoms with Gasteiger partial charge >= 0.3 is 0 Å². The highest BCUT2D eigenvalue weighted by Gasteiger charge is 2.40. The summed E-state index contributed by atoms with van der Waals surface area (Å²) in [4.78, 5) is 19.5. The van der Waals surface area contributed by atoms with Gasteiger partial charge in [0.1, 0.15) is 5.82 Å². The summed E-state index contributed by atoms with van der Waals surface area (Å²) in [5.41, 5.74) is 7.00. The smallest absolute Gasteiger partial charge is 0.186 e. The molecule has 2 heterocycles. The molecule has 110 valence electrons. The van der Waals surface area contributed by atoms with Gasteiger partial charge in [-0.3, -0.25) is 9.69 Å². The summed E-state index contributed by atoms with van der Waals surface area (Å²) >= 11 is 0. The van der Waals surface area contributed by atoms with Crippen molar-refractivity contribution in [1.82, 2.24) is 9.88 Å². The molecule has 20 heavy (non-hydrogen) atoms. The van der Waals surface area contributed by atoms with Gasteiger partial charge in [0.25, 0.3) is 0 Å². The molecule has 1 aromatic heterocycles. The zero-order valence-corrected chi connectivity index (χ0v) is 12.8. The molecule has 1 aliphatic heterocycles. The third-order valence-corrected chi connectivity index (χ3v) is 4.65. The summed E-state index contributed by atoms with van der Waals surface area (Å²) in [5, 5.41) is 0. The maximum absolute atomic E-state index is 13.1. The molecule has 1 fully saturated rings. The topological polar surface area (TPSA) is 59.2 Å². The zero-order valence-electron chi connectivity index (χ0n) is 12.8. The first-order valence-corrected chi connectivity index (χ1v) is 7.51. The van der Waals surface area contributed by atoms with Gasteiger partial charge in [0.05, 0.1) is 11.1 Å². The number of nitrogens with zero attached hydrogens (tertiary/aromatic N) is 2. The number of aromatic nitrogens is 1. The van der Waals surface area contributed by atoms with E-state index >= 15 is 0 Å². The van der Waals surface area contributed by atoms with Crippen LogP contribution in [0.4, 0.5) is 5.82 Å². The molecule has 0 spiro atoms. The number of ketones is 1. The predicted octanol–water partition coefficient (Wildman–Crippen LogP) is 2.81. The Morgan fingerprint density at radius 3 is 2.60 bits per heavy atom. The molecule has 1 aromatic rings. The summed E-state index contributed by atoms with van der Waals surface area (Å²) in [7, 11) is 0. The van der Waals surface area contributed by atoms with Crippen LogP contribution in [0.15, 0.2) is 12.3 Å². The molecule has 0 radical (unpaired) electrons. The van der Waals surface area contributed by atoms with Crippen LogP contribution in [0.1, 0.15) is 55.5 Å². The van der Waals surface area contributed by atoms with Crippen molar-refractivity contribution < 1.29 is 4.79 Å². The molecule has 4 heteroatoms. The summed E-state index contributed by atoms with van der Waals surface area (Å²) in [6.45, 7) is 8.04. The number of pyridine rings is 1. The number of aryl methyl sites for hydroxylation is 1. The Kier molecular flexibility index (Phi) is 4.43. The van der Waals surface area contributed by atoms with Crippen LogP contribution in [-0.4, -0.2) is 34.3 Å². The van der Waals surface area contributed by atoms with Crippen molar-refractivity contribution in [2.75, 3.05) is 18.8 Å². The van der Waals surface area contributed by atoms with E-state index < -0.39 is 5.54 Å². The lowest BCUT2D eigenvalue weighted by Gasteiger charge is -2.42. The molecule has 1 saturated heterocycles. The van der Waals surface area contributed by atoms with E-state index in [-0.39, 0.29) is 5.78 Å². The second kappa shape index (κ2) is 5.92. The molecule has 4 nitrogen and oxygen atoms in total. The van der Waals surface area contributed by atoms with Gasteiger partial charge in [0.2, 0.25) is 0 Å². The number of nitrogens with two attached hydrogens (primary N) is 1. The summed E-state index contributed by atoms with van der Waals surface area (Å²) in [6, 6.07) is 1.86. The van der Waals surface area contributed by atoms with E-state index in [2.05, 4.69) is 16.8 Å². The van der Waals surface area contributed by atoms with Crippen LogP contribution >= 0.6 is 0 Å². The van der Waals surface area contributed by atoms with Crippen LogP contribution in [-0.2, 0) is 0 Å². The largest absolute Gasteiger partial charge is 0.383 e. The monoisotopic (exact) mass is 275 g/mol. The molecule has 0 amide bonds. The van der Waals surface area contributed by atoms with Crippen LogP contribution in [0.2, 0.25) is 0 Å². The van der Waals surface area contributed by atoms with E-state index in [1.165, 1.54) is 19.3 Å². The van der Waals surface area contributed by atoms with Crippen LogP contribution in [0, 0.1) is 6.92 Å². The Balaban J connectivity index is 2.37. The SMILES string of the molecule is CCC(C)(C(=O)c1c(C)ccnc1N)N1CCCCC1. The number of carbonyl (C=O) groups excluding carboxylic acids is 1. The van der Waals surface area contributed by atoms with Crippen LogP contribution < -0.4 is 5.73 Å². The van der Waals surface area contributed by atoms with Crippen molar-refractivity contribution >= 4 is 11.6 Å².